The summed E-state index contributed by atoms with van der Waals surface area (Å²) in [5.41, 5.74) is 11.1. The van der Waals surface area contributed by atoms with E-state index in [1.54, 1.807) is 59.0 Å². The van der Waals surface area contributed by atoms with Gasteiger partial charge in [-0.25, -0.2) is 114 Å². The molecule has 0 amide bonds. The van der Waals surface area contributed by atoms with Crippen molar-refractivity contribution in [2.45, 2.75) is 52.4 Å². The number of para-hydroxylation sites is 8. The quantitative estimate of drug-likeness (QED) is 0.0376. The first kappa shape index (κ1) is 98.1. The molecule has 104 heavy (non-hydrogen) atoms. The van der Waals surface area contributed by atoms with Crippen LogP contribution in [-0.4, -0.2) is 122 Å². The first-order chi connectivity index (χ1) is 47.4. The van der Waals surface area contributed by atoms with Gasteiger partial charge in [0.05, 0.1) is 61.0 Å². The molecule has 570 valence electrons. The number of hydrogen-bond acceptors (Lipinski definition) is 32. The molecule has 0 aliphatic carbocycles. The van der Waals surface area contributed by atoms with Gasteiger partial charge in [0, 0.05) is 28.3 Å². The van der Waals surface area contributed by atoms with Crippen molar-refractivity contribution in [2.75, 3.05) is 76.7 Å². The van der Waals surface area contributed by atoms with Gasteiger partial charge in [-0.2, -0.15) is 24.4 Å². The minimum absolute atomic E-state index is 0. The van der Waals surface area contributed by atoms with Crippen LogP contribution in [0.1, 0.15) is 74.9 Å². The maximum Gasteiger partial charge on any atom is 3.00 e. The Bertz CT molecular complexity index is 3580. The Morgan fingerprint density at radius 2 is 0.596 bits per heavy atom. The van der Waals surface area contributed by atoms with Crippen molar-refractivity contribution in [2.24, 2.45) is 20.4 Å². The molecule has 0 aliphatic heterocycles. The van der Waals surface area contributed by atoms with Gasteiger partial charge in [0.15, 0.2) is 0 Å². The van der Waals surface area contributed by atoms with E-state index in [0.29, 0.717) is 46.0 Å². The second-order valence-electron chi connectivity index (χ2n) is 21.5. The number of nitrogens with one attached hydrogen (secondary N) is 6. The van der Waals surface area contributed by atoms with Crippen LogP contribution in [-0.2, 0) is 45.0 Å². The van der Waals surface area contributed by atoms with Crippen LogP contribution in [0.15, 0.2) is 142 Å². The summed E-state index contributed by atoms with van der Waals surface area (Å²) in [6, 6.07) is 39.0. The summed E-state index contributed by atoms with van der Waals surface area (Å²) < 4.78 is 136. The third kappa shape index (κ3) is 37.2. The van der Waals surface area contributed by atoms with Crippen LogP contribution in [0.3, 0.4) is 0 Å². The number of H-pyrrole nitrogens is 6. The second-order valence-corrected chi connectivity index (χ2v) is 24.5. The molecule has 8 N–H and O–H groups in total. The number of nitrogens with zero attached hydrogens (tertiary/aromatic N) is 10. The monoisotopic (exact) mass is 1620 g/mol. The standard InChI is InChI=1S/2C28H30N8O.2CH4O.2CH3O.4ClHO4.2Fe/c2*1-28(2,3)20-14-18(16-29-35(4)26-31-21-10-6-7-11-22(21)32-26)25(37)19(15-20)17-30-36(5)27-33-23-12-8-9-13-24(23)34-27;4*1-2;4*2-1(3,4)5;;/h2*6-17,37H,1-5H3,(H,31,32)(H,33,34);2*2H,1H3;2*1H3;4*(H,2,3,4,5);;/q;;;;2*-1;;;;;2*+3/p-4/b2*29-16+,30-17+;;;;;;;;;;. The summed E-state index contributed by atoms with van der Waals surface area (Å²) in [7, 11) is -9.05. The number of benzene rings is 6. The maximum absolute atomic E-state index is 13.4. The predicted octanol–water partition coefficient (Wildman–Crippen LogP) is -13.5. The van der Waals surface area contributed by atoms with Gasteiger partial charge in [0.2, 0.25) is 11.9 Å². The number of anilines is 4. The average Bonchev–Trinajstić information content (AvgIpc) is 1.18. The minimum Gasteiger partial charge on any atom is -0.872 e. The molecule has 0 saturated carbocycles. The van der Waals surface area contributed by atoms with Crippen molar-refractivity contribution in [3.8, 4) is 11.5 Å². The van der Waals surface area contributed by atoms with Gasteiger partial charge in [-0.1, -0.05) is 126 Å². The third-order valence-electron chi connectivity index (χ3n) is 12.4. The van der Waals surface area contributed by atoms with E-state index in [1.807, 2.05) is 135 Å². The molecular weight excluding hydrogens is 1550 g/mol. The van der Waals surface area contributed by atoms with E-state index in [2.05, 4.69) is 102 Å². The molecule has 0 bridgehead atoms. The van der Waals surface area contributed by atoms with Crippen molar-refractivity contribution in [3.05, 3.63) is 155 Å². The van der Waals surface area contributed by atoms with E-state index in [-0.39, 0.29) is 56.5 Å². The van der Waals surface area contributed by atoms with E-state index in [4.69, 9.17) is 95.0 Å². The van der Waals surface area contributed by atoms with Crippen molar-refractivity contribution >= 4 is 92.8 Å². The molecule has 0 spiro atoms. The van der Waals surface area contributed by atoms with Crippen LogP contribution in [0, 0.1) is 41.0 Å². The number of hydrazone groups is 4. The number of hydrogen-bond donors (Lipinski definition) is 6. The normalized spacial score (nSPS) is 11.3. The van der Waals surface area contributed by atoms with E-state index in [0.717, 1.165) is 83.7 Å². The van der Waals surface area contributed by atoms with E-state index < -0.39 is 41.0 Å². The van der Waals surface area contributed by atoms with Crippen LogP contribution in [0.25, 0.3) is 44.1 Å². The Labute approximate surface area is 625 Å². The largest absolute Gasteiger partial charge is 3.00 e. The van der Waals surface area contributed by atoms with Gasteiger partial charge < -0.3 is 40.6 Å². The predicted molar refractivity (Wildman–Crippen MR) is 323 cm³/mol. The zero-order chi connectivity index (χ0) is 78.3. The van der Waals surface area contributed by atoms with Gasteiger partial charge in [-0.3, -0.25) is 0 Å². The third-order valence-corrected chi connectivity index (χ3v) is 12.4. The molecular formula is C60H74Cl4Fe2N16O22. The number of aliphatic hydroxyl groups is 2. The van der Waals surface area contributed by atoms with Crippen molar-refractivity contribution in [1.82, 2.24) is 29.9 Å². The number of aliphatic hydroxyl groups excluding tert-OH is 2. The number of aromatic nitrogens is 8. The first-order valence-corrected chi connectivity index (χ1v) is 33.2. The Kier molecular flexibility index (Phi) is 42.9. The molecule has 0 unspecified atom stereocenters. The first-order valence-electron chi connectivity index (χ1n) is 28.3. The summed E-state index contributed by atoms with van der Waals surface area (Å²) in [6.07, 6.45) is 6.35. The van der Waals surface area contributed by atoms with E-state index in [1.165, 1.54) is 0 Å². The Morgan fingerprint density at radius 3 is 0.827 bits per heavy atom. The molecule has 0 atom stereocenters. The number of aromatic amines is 6. The number of fused-ring (bicyclic) bond motifs is 4. The van der Waals surface area contributed by atoms with Crippen molar-refractivity contribution in [1.29, 1.82) is 0 Å². The van der Waals surface area contributed by atoms with Gasteiger partial charge in [0.1, 0.15) is 22.1 Å². The molecule has 0 aliphatic rings. The molecule has 10 rings (SSSR count). The fourth-order valence-corrected chi connectivity index (χ4v) is 7.90. The fourth-order valence-electron chi connectivity index (χ4n) is 7.90. The molecule has 2 radical (unpaired) electrons. The molecule has 38 nitrogen and oxygen atoms in total. The number of halogens is 4. The van der Waals surface area contributed by atoms with Gasteiger partial charge in [-0.15, -0.1) is 61.2 Å². The van der Waals surface area contributed by atoms with E-state index in [9.17, 15) is 10.2 Å². The maximum atomic E-state index is 13.4. The smallest absolute Gasteiger partial charge is 0.872 e. The zero-order valence-corrected chi connectivity index (χ0v) is 62.8. The van der Waals surface area contributed by atoms with Crippen LogP contribution in [0.5, 0.6) is 11.5 Å². The van der Waals surface area contributed by atoms with Gasteiger partial charge in [0.25, 0.3) is 0 Å². The molecule has 44 heteroatoms. The summed E-state index contributed by atoms with van der Waals surface area (Å²) in [4.78, 5) is 28.8. The fraction of sp³-hybridized carbons (Fsp3) is 0.267. The zero-order valence-electron chi connectivity index (χ0n) is 57.6. The van der Waals surface area contributed by atoms with Crippen LogP contribution < -0.4 is 125 Å². The summed E-state index contributed by atoms with van der Waals surface area (Å²) >= 11 is 0. The molecule has 4 aromatic heterocycles. The Hall–Kier alpha value is -7.92. The minimum atomic E-state index is -4.94. The van der Waals surface area contributed by atoms with Gasteiger partial charge >= 0.3 is 46.0 Å². The topological polar surface area (TPSA) is 681 Å². The van der Waals surface area contributed by atoms with Crippen molar-refractivity contribution in [3.63, 3.8) is 0 Å². The van der Waals surface area contributed by atoms with Crippen molar-refractivity contribution < 1.29 is 190 Å². The number of rotatable bonds is 12. The molecule has 4 heterocycles. The van der Waals surface area contributed by atoms with Crippen LogP contribution in [0.4, 0.5) is 23.8 Å². The van der Waals surface area contributed by atoms with Gasteiger partial charge in [-0.05, 0) is 92.7 Å². The molecule has 6 aromatic carbocycles. The number of imidazole rings is 4. The molecule has 10 aromatic rings. The summed E-state index contributed by atoms with van der Waals surface area (Å²) in [6.45, 7) is 12.7. The molecule has 0 fully saturated rings. The Morgan fingerprint density at radius 1 is 0.375 bits per heavy atom. The molecule has 0 saturated heterocycles. The average molecular weight is 1620 g/mol. The second kappa shape index (κ2) is 45.4. The van der Waals surface area contributed by atoms with Crippen LogP contribution >= 0.6 is 0 Å². The van der Waals surface area contributed by atoms with Crippen LogP contribution in [0.2, 0.25) is 0 Å². The SMILES string of the molecule is CN(/N=C/c1cc(C(C)(C)C)cc(/C=N/N(C)c2[nH]c3ccccc3[nH+]2)c1[O-])c1nc2ccccc2[nH]1.CN(/N=C/c1cc(C(C)(C)C)cc(/C=N/N(C)c2[nH]c3ccccc3[nH+]2)c1[O-])c1nc2ccccc2[nH]1.CO.CO.C[O-].C[O-].[Fe+3].[Fe+3].[O-][Cl+3]([O-])([O-])[O-].[O-][Cl+3]([O-])([O-])[O-].[O-][Cl+3]([O-])([O-])[O-].[O-][Cl+3]([O-])([O-])[O-]. The Balaban J connectivity index is 0. The van der Waals surface area contributed by atoms with E-state index >= 15 is 0 Å². The summed E-state index contributed by atoms with van der Waals surface area (Å²) in [5, 5.41) is 81.9. The summed E-state index contributed by atoms with van der Waals surface area (Å²) in [5.74, 6) is 2.32.